The molecule has 0 saturated carbocycles. The summed E-state index contributed by atoms with van der Waals surface area (Å²) in [7, 11) is 3.05. The average molecular weight is 644 g/mol. The van der Waals surface area contributed by atoms with Gasteiger partial charge in [-0.2, -0.15) is 0 Å². The van der Waals surface area contributed by atoms with E-state index in [1.807, 2.05) is 0 Å². The maximum absolute atomic E-state index is 13.8. The number of ether oxygens (including phenoxy) is 9. The van der Waals surface area contributed by atoms with Gasteiger partial charge < -0.3 is 53.1 Å². The molecule has 2 N–H and O–H groups in total. The highest BCUT2D eigenvalue weighted by atomic mass is 16.6. The normalized spacial score (nSPS) is 20.7. The number of hydrogen-bond donors (Lipinski definition) is 2. The van der Waals surface area contributed by atoms with Gasteiger partial charge in [0.2, 0.25) is 0 Å². The predicted octanol–water partition coefficient (Wildman–Crippen LogP) is 2.54. The quantitative estimate of drug-likeness (QED) is 0.337. The third-order valence-electron chi connectivity index (χ3n) is 6.93. The van der Waals surface area contributed by atoms with Crippen molar-refractivity contribution in [2.75, 3.05) is 93.4 Å². The van der Waals surface area contributed by atoms with Gasteiger partial charge >= 0.3 is 5.97 Å². The minimum absolute atomic E-state index is 0.0444. The number of rotatable bonds is 7. The lowest BCUT2D eigenvalue weighted by Crippen LogP contribution is -2.38. The summed E-state index contributed by atoms with van der Waals surface area (Å²) in [6.07, 6.45) is -0.543. The van der Waals surface area contributed by atoms with Crippen LogP contribution in [0.1, 0.15) is 11.1 Å². The van der Waals surface area contributed by atoms with Crippen molar-refractivity contribution in [3.05, 3.63) is 71.2 Å². The fourth-order valence-corrected chi connectivity index (χ4v) is 4.54. The number of cyclic esters (lactones) is 1. The van der Waals surface area contributed by atoms with Gasteiger partial charge in [0, 0.05) is 6.54 Å². The zero-order chi connectivity index (χ0) is 32.6. The first-order chi connectivity index (χ1) is 22.5. The van der Waals surface area contributed by atoms with Gasteiger partial charge in [-0.3, -0.25) is 4.79 Å². The first-order valence-electron chi connectivity index (χ1n) is 15.0. The van der Waals surface area contributed by atoms with E-state index in [0.29, 0.717) is 82.1 Å². The summed E-state index contributed by atoms with van der Waals surface area (Å²) < 4.78 is 49.7. The van der Waals surface area contributed by atoms with Crippen LogP contribution in [0.3, 0.4) is 0 Å². The van der Waals surface area contributed by atoms with Crippen LogP contribution in [-0.4, -0.2) is 117 Å². The Morgan fingerprint density at radius 2 is 1.26 bits per heavy atom. The molecule has 13 nitrogen and oxygen atoms in total. The second kappa shape index (κ2) is 18.9. The van der Waals surface area contributed by atoms with Gasteiger partial charge in [0.05, 0.1) is 98.6 Å². The number of benzene rings is 2. The van der Waals surface area contributed by atoms with Crippen molar-refractivity contribution in [1.82, 2.24) is 5.32 Å². The molecule has 0 bridgehead atoms. The lowest BCUT2D eigenvalue weighted by molar-refractivity contribution is -0.131. The Hall–Kier alpha value is -3.98. The van der Waals surface area contributed by atoms with Crippen LogP contribution in [0.5, 0.6) is 11.5 Å². The number of carbonyl (C=O) groups excluding carboxylic acids is 2. The lowest BCUT2D eigenvalue weighted by Gasteiger charge is -2.20. The summed E-state index contributed by atoms with van der Waals surface area (Å²) in [4.78, 5) is 26.8. The maximum atomic E-state index is 13.8. The number of carbonyl (C=O) groups is 2. The molecule has 2 aliphatic rings. The Morgan fingerprint density at radius 1 is 0.761 bits per heavy atom. The van der Waals surface area contributed by atoms with E-state index in [4.69, 9.17) is 42.6 Å². The Balaban J connectivity index is 1.52. The molecule has 1 unspecified atom stereocenters. The summed E-state index contributed by atoms with van der Waals surface area (Å²) in [5.41, 5.74) is 0.677. The Labute approximate surface area is 267 Å². The highest BCUT2D eigenvalue weighted by Gasteiger charge is 2.36. The van der Waals surface area contributed by atoms with E-state index in [-0.39, 0.29) is 36.7 Å². The van der Waals surface area contributed by atoms with Crippen LogP contribution in [0.25, 0.3) is 11.1 Å². The topological polar surface area (TPSA) is 149 Å². The van der Waals surface area contributed by atoms with Crippen LogP contribution >= 0.6 is 0 Å². The molecule has 0 radical (unpaired) electrons. The molecule has 250 valence electrons. The molecule has 2 aliphatic heterocycles. The van der Waals surface area contributed by atoms with E-state index in [2.05, 4.69) is 5.32 Å². The standard InChI is InChI=1S/C33H41NO12/c1-38-25-7-3-23(4-8-25)28-30(35)31(46-33(28)37)29(24-5-9-26(39-2)10-6-24)32(36)34-21-27-22-44-18-17-42-14-13-40-11-12-41-15-16-43-19-20-45-27/h3-10,27,35H,11-22H2,1-2H3,(H,34,36)/b31-29-. The van der Waals surface area contributed by atoms with Crippen molar-refractivity contribution in [3.8, 4) is 11.5 Å². The Bertz CT molecular complexity index is 1310. The van der Waals surface area contributed by atoms with E-state index in [1.54, 1.807) is 48.5 Å². The first-order valence-corrected chi connectivity index (χ1v) is 15.0. The lowest BCUT2D eigenvalue weighted by atomic mass is 10.00. The fourth-order valence-electron chi connectivity index (χ4n) is 4.54. The smallest absolute Gasteiger partial charge is 0.348 e. The van der Waals surface area contributed by atoms with Crippen molar-refractivity contribution >= 4 is 23.0 Å². The second-order valence-corrected chi connectivity index (χ2v) is 10.0. The van der Waals surface area contributed by atoms with E-state index in [0.717, 1.165) is 0 Å². The van der Waals surface area contributed by atoms with Crippen LogP contribution in [0, 0.1) is 0 Å². The molecule has 0 spiro atoms. The van der Waals surface area contributed by atoms with Gasteiger partial charge in [0.25, 0.3) is 5.91 Å². The molecule has 2 aromatic carbocycles. The number of aliphatic hydroxyl groups is 1. The molecular formula is C33H41NO12. The molecule has 1 saturated heterocycles. The van der Waals surface area contributed by atoms with Crippen molar-refractivity contribution in [3.63, 3.8) is 0 Å². The highest BCUT2D eigenvalue weighted by molar-refractivity contribution is 6.26. The van der Waals surface area contributed by atoms with Crippen molar-refractivity contribution < 1.29 is 57.3 Å². The predicted molar refractivity (Wildman–Crippen MR) is 165 cm³/mol. The molecule has 13 heteroatoms. The summed E-state index contributed by atoms with van der Waals surface area (Å²) >= 11 is 0. The molecule has 4 rings (SSSR count). The van der Waals surface area contributed by atoms with E-state index in [1.165, 1.54) is 14.2 Å². The SMILES string of the molecule is COc1ccc(C2=C(O)/C(=C(/C(=O)NCC3COCCOCCOCCOCCOCCO3)c3ccc(OC)cc3)OC2=O)cc1. The van der Waals surface area contributed by atoms with E-state index < -0.39 is 23.7 Å². The van der Waals surface area contributed by atoms with Gasteiger partial charge in [-0.05, 0) is 35.4 Å². The van der Waals surface area contributed by atoms with E-state index >= 15 is 0 Å². The molecule has 2 aromatic rings. The molecular weight excluding hydrogens is 602 g/mol. The summed E-state index contributed by atoms with van der Waals surface area (Å²) in [5, 5.41) is 14.1. The van der Waals surface area contributed by atoms with Crippen LogP contribution in [0.4, 0.5) is 0 Å². The Morgan fingerprint density at radius 3 is 1.80 bits per heavy atom. The molecule has 0 aromatic heterocycles. The number of nitrogens with one attached hydrogen (secondary N) is 1. The fraction of sp³-hybridized carbons (Fsp3) is 0.455. The molecule has 46 heavy (non-hydrogen) atoms. The Kier molecular flexibility index (Phi) is 14.3. The minimum Gasteiger partial charge on any atom is -0.504 e. The zero-order valence-electron chi connectivity index (χ0n) is 26.1. The monoisotopic (exact) mass is 643 g/mol. The van der Waals surface area contributed by atoms with Gasteiger partial charge in [-0.25, -0.2) is 4.79 Å². The summed E-state index contributed by atoms with van der Waals surface area (Å²) in [6, 6.07) is 13.1. The minimum atomic E-state index is -0.795. The van der Waals surface area contributed by atoms with E-state index in [9.17, 15) is 14.7 Å². The van der Waals surface area contributed by atoms with Crippen LogP contribution in [-0.2, 0) is 42.7 Å². The van der Waals surface area contributed by atoms with Crippen molar-refractivity contribution in [2.24, 2.45) is 0 Å². The van der Waals surface area contributed by atoms with Gasteiger partial charge in [0.1, 0.15) is 17.1 Å². The number of methoxy groups -OCH3 is 2. The summed E-state index contributed by atoms with van der Waals surface area (Å²) in [6.45, 7) is 4.12. The highest BCUT2D eigenvalue weighted by Crippen LogP contribution is 2.37. The number of amides is 1. The average Bonchev–Trinajstić information content (AvgIpc) is 3.37. The summed E-state index contributed by atoms with van der Waals surface area (Å²) in [5.74, 6) is -0.987. The molecule has 1 atom stereocenters. The van der Waals surface area contributed by atoms with Crippen molar-refractivity contribution in [2.45, 2.75) is 6.10 Å². The van der Waals surface area contributed by atoms with Crippen LogP contribution in [0.2, 0.25) is 0 Å². The van der Waals surface area contributed by atoms with Gasteiger partial charge in [-0.15, -0.1) is 0 Å². The first kappa shape index (κ1) is 34.9. The largest absolute Gasteiger partial charge is 0.504 e. The van der Waals surface area contributed by atoms with Crippen molar-refractivity contribution in [1.29, 1.82) is 0 Å². The van der Waals surface area contributed by atoms with Gasteiger partial charge in [-0.1, -0.05) is 24.3 Å². The molecule has 1 amide bonds. The molecule has 0 aliphatic carbocycles. The van der Waals surface area contributed by atoms with Crippen LogP contribution < -0.4 is 14.8 Å². The molecule has 2 heterocycles. The zero-order valence-corrected chi connectivity index (χ0v) is 26.1. The van der Waals surface area contributed by atoms with Crippen LogP contribution in [0.15, 0.2) is 60.0 Å². The second-order valence-electron chi connectivity index (χ2n) is 10.0. The van der Waals surface area contributed by atoms with Gasteiger partial charge in [0.15, 0.2) is 11.5 Å². The maximum Gasteiger partial charge on any atom is 0.348 e. The third-order valence-corrected chi connectivity index (χ3v) is 6.93. The number of esters is 1. The molecule has 1 fully saturated rings. The number of hydrogen-bond acceptors (Lipinski definition) is 12. The number of aliphatic hydroxyl groups excluding tert-OH is 1. The third kappa shape index (κ3) is 10.3.